The lowest BCUT2D eigenvalue weighted by atomic mass is 9.81. The standard InChI is InChI=1S/C18H29NO2/c1-5-10-18(11-6-2)13-16(19-7-3)15-12-14(20-4)8-9-17(15)21-18/h8-9,12,16,19H,5-7,10-11,13H2,1-4H3. The summed E-state index contributed by atoms with van der Waals surface area (Å²) < 4.78 is 11.9. The number of rotatable bonds is 7. The Hall–Kier alpha value is -1.22. The predicted molar refractivity (Wildman–Crippen MR) is 87.2 cm³/mol. The summed E-state index contributed by atoms with van der Waals surface area (Å²) in [5, 5.41) is 3.63. The molecule has 1 aromatic carbocycles. The third-order valence-electron chi connectivity index (χ3n) is 4.36. The Balaban J connectivity index is 2.36. The number of ether oxygens (including phenoxy) is 2. The Labute approximate surface area is 129 Å². The summed E-state index contributed by atoms with van der Waals surface area (Å²) in [5.41, 5.74) is 1.22. The molecule has 1 aliphatic heterocycles. The van der Waals surface area contributed by atoms with Crippen LogP contribution < -0.4 is 14.8 Å². The van der Waals surface area contributed by atoms with Gasteiger partial charge in [0.25, 0.3) is 0 Å². The minimum Gasteiger partial charge on any atom is -0.497 e. The van der Waals surface area contributed by atoms with Crippen molar-refractivity contribution in [1.82, 2.24) is 5.32 Å². The van der Waals surface area contributed by atoms with E-state index in [2.05, 4.69) is 38.2 Å². The Morgan fingerprint density at radius 3 is 2.52 bits per heavy atom. The van der Waals surface area contributed by atoms with Crippen molar-refractivity contribution in [3.63, 3.8) is 0 Å². The van der Waals surface area contributed by atoms with Gasteiger partial charge in [-0.3, -0.25) is 0 Å². The van der Waals surface area contributed by atoms with E-state index in [4.69, 9.17) is 9.47 Å². The molecule has 0 saturated carbocycles. The third-order valence-corrected chi connectivity index (χ3v) is 4.36. The molecular formula is C18H29NO2. The van der Waals surface area contributed by atoms with Gasteiger partial charge >= 0.3 is 0 Å². The van der Waals surface area contributed by atoms with Crippen molar-refractivity contribution in [2.75, 3.05) is 13.7 Å². The Kier molecular flexibility index (Phi) is 5.51. The maximum atomic E-state index is 6.48. The highest BCUT2D eigenvalue weighted by atomic mass is 16.5. The van der Waals surface area contributed by atoms with Crippen molar-refractivity contribution in [1.29, 1.82) is 0 Å². The van der Waals surface area contributed by atoms with Crippen LogP contribution in [0.5, 0.6) is 11.5 Å². The molecule has 0 bridgehead atoms. The smallest absolute Gasteiger partial charge is 0.125 e. The molecule has 1 unspecified atom stereocenters. The Morgan fingerprint density at radius 2 is 1.95 bits per heavy atom. The van der Waals surface area contributed by atoms with E-state index in [0.717, 1.165) is 50.1 Å². The second kappa shape index (κ2) is 7.17. The van der Waals surface area contributed by atoms with Gasteiger partial charge in [-0.15, -0.1) is 0 Å². The van der Waals surface area contributed by atoms with Gasteiger partial charge in [0.1, 0.15) is 17.1 Å². The van der Waals surface area contributed by atoms with Crippen molar-refractivity contribution in [2.24, 2.45) is 0 Å². The summed E-state index contributed by atoms with van der Waals surface area (Å²) in [5.74, 6) is 1.92. The number of nitrogens with one attached hydrogen (secondary N) is 1. The molecule has 0 saturated heterocycles. The molecule has 1 aromatic rings. The van der Waals surface area contributed by atoms with Crippen LogP contribution in [0.25, 0.3) is 0 Å². The molecular weight excluding hydrogens is 262 g/mol. The van der Waals surface area contributed by atoms with E-state index in [1.54, 1.807) is 7.11 Å². The minimum absolute atomic E-state index is 0.0159. The van der Waals surface area contributed by atoms with E-state index < -0.39 is 0 Å². The number of fused-ring (bicyclic) bond motifs is 1. The summed E-state index contributed by atoms with van der Waals surface area (Å²) in [6.07, 6.45) is 5.60. The monoisotopic (exact) mass is 291 g/mol. The average Bonchev–Trinajstić information content (AvgIpc) is 2.48. The van der Waals surface area contributed by atoms with Crippen LogP contribution in [0.15, 0.2) is 18.2 Å². The van der Waals surface area contributed by atoms with Crippen LogP contribution in [0.4, 0.5) is 0 Å². The lowest BCUT2D eigenvalue weighted by Crippen LogP contribution is -2.44. The fraction of sp³-hybridized carbons (Fsp3) is 0.667. The second-order valence-electron chi connectivity index (χ2n) is 6.00. The molecule has 0 fully saturated rings. The first-order valence-electron chi connectivity index (χ1n) is 8.28. The highest BCUT2D eigenvalue weighted by molar-refractivity contribution is 5.44. The molecule has 0 radical (unpaired) electrons. The maximum Gasteiger partial charge on any atom is 0.125 e. The van der Waals surface area contributed by atoms with Gasteiger partial charge in [-0.05, 0) is 37.6 Å². The van der Waals surface area contributed by atoms with Gasteiger partial charge in [0, 0.05) is 18.0 Å². The summed E-state index contributed by atoms with van der Waals surface area (Å²) in [6, 6.07) is 6.53. The molecule has 0 spiro atoms. The topological polar surface area (TPSA) is 30.5 Å². The number of benzene rings is 1. The van der Waals surface area contributed by atoms with Gasteiger partial charge in [-0.1, -0.05) is 33.6 Å². The summed E-state index contributed by atoms with van der Waals surface area (Å²) in [4.78, 5) is 0. The van der Waals surface area contributed by atoms with Gasteiger partial charge < -0.3 is 14.8 Å². The SMILES string of the molecule is CCCC1(CCC)CC(NCC)c2cc(OC)ccc2O1. The first-order chi connectivity index (χ1) is 10.2. The molecule has 3 nitrogen and oxygen atoms in total. The van der Waals surface area contributed by atoms with Crippen molar-refractivity contribution < 1.29 is 9.47 Å². The highest BCUT2D eigenvalue weighted by Crippen LogP contribution is 2.44. The highest BCUT2D eigenvalue weighted by Gasteiger charge is 2.39. The molecule has 1 N–H and O–H groups in total. The summed E-state index contributed by atoms with van der Waals surface area (Å²) in [6.45, 7) is 7.62. The molecule has 2 rings (SSSR count). The number of hydrogen-bond donors (Lipinski definition) is 1. The first-order valence-corrected chi connectivity index (χ1v) is 8.28. The van der Waals surface area contributed by atoms with Crippen LogP contribution in [0, 0.1) is 0 Å². The van der Waals surface area contributed by atoms with Gasteiger partial charge in [-0.25, -0.2) is 0 Å². The molecule has 0 aromatic heterocycles. The van der Waals surface area contributed by atoms with E-state index in [-0.39, 0.29) is 5.60 Å². The molecule has 1 atom stereocenters. The van der Waals surface area contributed by atoms with E-state index >= 15 is 0 Å². The lowest BCUT2D eigenvalue weighted by molar-refractivity contribution is 0.0130. The fourth-order valence-corrected chi connectivity index (χ4v) is 3.55. The van der Waals surface area contributed by atoms with Gasteiger partial charge in [0.15, 0.2) is 0 Å². The molecule has 3 heteroatoms. The van der Waals surface area contributed by atoms with Crippen molar-refractivity contribution >= 4 is 0 Å². The summed E-state index contributed by atoms with van der Waals surface area (Å²) in [7, 11) is 1.71. The quantitative estimate of drug-likeness (QED) is 0.804. The zero-order valence-electron chi connectivity index (χ0n) is 13.9. The van der Waals surface area contributed by atoms with Crippen LogP contribution in [-0.2, 0) is 0 Å². The molecule has 118 valence electrons. The molecule has 0 amide bonds. The molecule has 0 aliphatic carbocycles. The maximum absolute atomic E-state index is 6.48. The van der Waals surface area contributed by atoms with Crippen molar-refractivity contribution in [2.45, 2.75) is 64.5 Å². The number of methoxy groups -OCH3 is 1. The minimum atomic E-state index is -0.0159. The van der Waals surface area contributed by atoms with Gasteiger partial charge in [0.05, 0.1) is 7.11 Å². The molecule has 1 heterocycles. The number of hydrogen-bond acceptors (Lipinski definition) is 3. The van der Waals surface area contributed by atoms with Crippen LogP contribution in [-0.4, -0.2) is 19.3 Å². The Morgan fingerprint density at radius 1 is 1.24 bits per heavy atom. The lowest BCUT2D eigenvalue weighted by Gasteiger charge is -2.43. The first kappa shape index (κ1) is 16.2. The van der Waals surface area contributed by atoms with E-state index in [1.165, 1.54) is 5.56 Å². The van der Waals surface area contributed by atoms with Crippen LogP contribution in [0.3, 0.4) is 0 Å². The Bertz CT molecular complexity index is 453. The van der Waals surface area contributed by atoms with Gasteiger partial charge in [-0.2, -0.15) is 0 Å². The fourth-order valence-electron chi connectivity index (χ4n) is 3.55. The zero-order valence-corrected chi connectivity index (χ0v) is 13.9. The van der Waals surface area contributed by atoms with Crippen LogP contribution in [0.2, 0.25) is 0 Å². The summed E-state index contributed by atoms with van der Waals surface area (Å²) >= 11 is 0. The average molecular weight is 291 g/mol. The van der Waals surface area contributed by atoms with Crippen LogP contribution in [0.1, 0.15) is 64.5 Å². The third kappa shape index (κ3) is 3.52. The van der Waals surface area contributed by atoms with E-state index in [1.807, 2.05) is 6.07 Å². The zero-order chi connectivity index (χ0) is 15.3. The normalized spacial score (nSPS) is 19.7. The van der Waals surface area contributed by atoms with Crippen molar-refractivity contribution in [3.05, 3.63) is 23.8 Å². The predicted octanol–water partition coefficient (Wildman–Crippen LogP) is 4.47. The van der Waals surface area contributed by atoms with E-state index in [0.29, 0.717) is 6.04 Å². The van der Waals surface area contributed by atoms with Crippen molar-refractivity contribution in [3.8, 4) is 11.5 Å². The largest absolute Gasteiger partial charge is 0.497 e. The molecule has 1 aliphatic rings. The molecule has 21 heavy (non-hydrogen) atoms. The van der Waals surface area contributed by atoms with Gasteiger partial charge in [0.2, 0.25) is 0 Å². The second-order valence-corrected chi connectivity index (χ2v) is 6.00. The van der Waals surface area contributed by atoms with Crippen LogP contribution >= 0.6 is 0 Å². The van der Waals surface area contributed by atoms with E-state index in [9.17, 15) is 0 Å².